The summed E-state index contributed by atoms with van der Waals surface area (Å²) in [7, 11) is 4.26. The largest absolute Gasteiger partial charge is 0.308 e. The average Bonchev–Trinajstić information content (AvgIpc) is 2.51. The van der Waals surface area contributed by atoms with E-state index in [0.29, 0.717) is 5.82 Å². The third-order valence-electron chi connectivity index (χ3n) is 3.19. The first-order valence-corrected chi connectivity index (χ1v) is 5.89. The van der Waals surface area contributed by atoms with Gasteiger partial charge in [0.1, 0.15) is 11.6 Å². The summed E-state index contributed by atoms with van der Waals surface area (Å²) in [4.78, 5) is 13.4. The molecule has 6 heteroatoms. The molecule has 1 atom stereocenters. The molecule has 0 bridgehead atoms. The lowest BCUT2D eigenvalue weighted by Gasteiger charge is -2.26. The molecule has 0 saturated carbocycles. The van der Waals surface area contributed by atoms with Crippen molar-refractivity contribution in [3.8, 4) is 0 Å². The van der Waals surface area contributed by atoms with Gasteiger partial charge in [0.05, 0.1) is 6.04 Å². The minimum Gasteiger partial charge on any atom is -0.308 e. The van der Waals surface area contributed by atoms with Crippen LogP contribution in [0, 0.1) is 0 Å². The van der Waals surface area contributed by atoms with Gasteiger partial charge in [-0.2, -0.15) is 0 Å². The maximum Gasteiger partial charge on any atom is 0.149 e. The van der Waals surface area contributed by atoms with Crippen LogP contribution in [0.5, 0.6) is 0 Å². The Bertz CT molecular complexity index is 369. The van der Waals surface area contributed by atoms with Crippen molar-refractivity contribution in [3.05, 3.63) is 18.1 Å². The molecule has 0 amide bonds. The molecule has 6 nitrogen and oxygen atoms in total. The van der Waals surface area contributed by atoms with Gasteiger partial charge in [-0.15, -0.1) is 0 Å². The normalized spacial score (nSPS) is 23.4. The van der Waals surface area contributed by atoms with Gasteiger partial charge in [0, 0.05) is 18.8 Å². The highest BCUT2D eigenvalue weighted by Crippen LogP contribution is 2.20. The first-order chi connectivity index (χ1) is 8.20. The van der Waals surface area contributed by atoms with Crippen molar-refractivity contribution in [2.75, 3.05) is 39.2 Å². The van der Waals surface area contributed by atoms with Gasteiger partial charge < -0.3 is 10.3 Å². The Labute approximate surface area is 102 Å². The van der Waals surface area contributed by atoms with E-state index in [0.717, 1.165) is 25.5 Å². The fourth-order valence-electron chi connectivity index (χ4n) is 2.17. The molecule has 0 aliphatic carbocycles. The van der Waals surface area contributed by atoms with Crippen molar-refractivity contribution >= 4 is 5.82 Å². The van der Waals surface area contributed by atoms with Crippen LogP contribution in [-0.4, -0.2) is 53.5 Å². The fourth-order valence-corrected chi connectivity index (χ4v) is 2.17. The first-order valence-electron chi connectivity index (χ1n) is 5.89. The van der Waals surface area contributed by atoms with E-state index >= 15 is 0 Å². The van der Waals surface area contributed by atoms with Crippen molar-refractivity contribution in [1.29, 1.82) is 0 Å². The standard InChI is InChI=1S/C11H20N6/c1-16-6-3-7-17(2)9(8-16)11-13-5-4-10(14-11)15-12/h4-5,9H,3,6-8,12H2,1-2H3,(H,13,14,15). The fraction of sp³-hybridized carbons (Fsp3) is 0.636. The van der Waals surface area contributed by atoms with Crippen LogP contribution in [-0.2, 0) is 0 Å². The van der Waals surface area contributed by atoms with E-state index in [1.165, 1.54) is 6.42 Å². The van der Waals surface area contributed by atoms with Crippen LogP contribution in [0.4, 0.5) is 5.82 Å². The van der Waals surface area contributed by atoms with Gasteiger partial charge >= 0.3 is 0 Å². The van der Waals surface area contributed by atoms with Gasteiger partial charge in [0.15, 0.2) is 0 Å². The third-order valence-corrected chi connectivity index (χ3v) is 3.19. The Hall–Kier alpha value is -1.24. The molecule has 2 rings (SSSR count). The number of hydrogen-bond acceptors (Lipinski definition) is 6. The number of nitrogen functional groups attached to an aromatic ring is 1. The van der Waals surface area contributed by atoms with Crippen molar-refractivity contribution in [2.24, 2.45) is 5.84 Å². The van der Waals surface area contributed by atoms with Crippen molar-refractivity contribution in [1.82, 2.24) is 19.8 Å². The second-order valence-corrected chi connectivity index (χ2v) is 4.56. The quantitative estimate of drug-likeness (QED) is 0.559. The Kier molecular flexibility index (Phi) is 3.88. The van der Waals surface area contributed by atoms with Crippen molar-refractivity contribution in [3.63, 3.8) is 0 Å². The van der Waals surface area contributed by atoms with Crippen LogP contribution in [0.15, 0.2) is 12.3 Å². The average molecular weight is 236 g/mol. The molecule has 1 aromatic heterocycles. The predicted molar refractivity (Wildman–Crippen MR) is 67.3 cm³/mol. The monoisotopic (exact) mass is 236 g/mol. The summed E-state index contributed by atoms with van der Waals surface area (Å²) in [5.74, 6) is 6.87. The van der Waals surface area contributed by atoms with Gasteiger partial charge in [-0.3, -0.25) is 4.90 Å². The van der Waals surface area contributed by atoms with E-state index in [-0.39, 0.29) is 6.04 Å². The summed E-state index contributed by atoms with van der Waals surface area (Å²) < 4.78 is 0. The van der Waals surface area contributed by atoms with Crippen molar-refractivity contribution < 1.29 is 0 Å². The number of aromatic nitrogens is 2. The zero-order valence-corrected chi connectivity index (χ0v) is 10.4. The molecule has 94 valence electrons. The van der Waals surface area contributed by atoms with E-state index in [1.54, 1.807) is 12.3 Å². The van der Waals surface area contributed by atoms with E-state index in [9.17, 15) is 0 Å². The Balaban J connectivity index is 2.22. The summed E-state index contributed by atoms with van der Waals surface area (Å²) in [6.07, 6.45) is 2.93. The molecule has 0 spiro atoms. The predicted octanol–water partition coefficient (Wildman–Crippen LogP) is 0.0706. The molecule has 2 heterocycles. The molecule has 0 radical (unpaired) electrons. The molecule has 1 aliphatic rings. The van der Waals surface area contributed by atoms with Crippen molar-refractivity contribution in [2.45, 2.75) is 12.5 Å². The number of nitrogens with zero attached hydrogens (tertiary/aromatic N) is 4. The second-order valence-electron chi connectivity index (χ2n) is 4.56. The number of nitrogens with two attached hydrogens (primary N) is 1. The molecular weight excluding hydrogens is 216 g/mol. The van der Waals surface area contributed by atoms with E-state index in [2.05, 4.69) is 39.3 Å². The maximum absolute atomic E-state index is 5.38. The van der Waals surface area contributed by atoms with Crippen LogP contribution in [0.3, 0.4) is 0 Å². The number of likely N-dealkylation sites (N-methyl/N-ethyl adjacent to an activating group) is 2. The van der Waals surface area contributed by atoms with E-state index in [1.807, 2.05) is 0 Å². The molecule has 17 heavy (non-hydrogen) atoms. The third kappa shape index (κ3) is 2.91. The van der Waals surface area contributed by atoms with Crippen LogP contribution >= 0.6 is 0 Å². The summed E-state index contributed by atoms with van der Waals surface area (Å²) in [6.45, 7) is 3.14. The SMILES string of the molecule is CN1CCCN(C)C(c2nccc(NN)n2)C1. The van der Waals surface area contributed by atoms with Crippen LogP contribution in [0.25, 0.3) is 0 Å². The summed E-state index contributed by atoms with van der Waals surface area (Å²) in [5, 5.41) is 0. The lowest BCUT2D eigenvalue weighted by Crippen LogP contribution is -2.32. The molecular formula is C11H20N6. The number of anilines is 1. The van der Waals surface area contributed by atoms with Gasteiger partial charge in [0.2, 0.25) is 0 Å². The topological polar surface area (TPSA) is 70.3 Å². The summed E-state index contributed by atoms with van der Waals surface area (Å²) >= 11 is 0. The highest BCUT2D eigenvalue weighted by Gasteiger charge is 2.24. The van der Waals surface area contributed by atoms with Crippen LogP contribution in [0.1, 0.15) is 18.3 Å². The zero-order chi connectivity index (χ0) is 12.3. The summed E-state index contributed by atoms with van der Waals surface area (Å²) in [5.41, 5.74) is 2.56. The number of hydrogen-bond donors (Lipinski definition) is 2. The number of rotatable bonds is 2. The minimum atomic E-state index is 0.232. The van der Waals surface area contributed by atoms with Gasteiger partial charge in [-0.1, -0.05) is 0 Å². The van der Waals surface area contributed by atoms with E-state index in [4.69, 9.17) is 5.84 Å². The first kappa shape index (κ1) is 12.2. The molecule has 1 aromatic rings. The smallest absolute Gasteiger partial charge is 0.149 e. The molecule has 1 fully saturated rings. The Morgan fingerprint density at radius 1 is 1.41 bits per heavy atom. The Morgan fingerprint density at radius 3 is 3.00 bits per heavy atom. The van der Waals surface area contributed by atoms with Gasteiger partial charge in [0.25, 0.3) is 0 Å². The molecule has 1 saturated heterocycles. The molecule has 0 aromatic carbocycles. The van der Waals surface area contributed by atoms with Crippen LogP contribution in [0.2, 0.25) is 0 Å². The minimum absolute atomic E-state index is 0.232. The summed E-state index contributed by atoms with van der Waals surface area (Å²) in [6, 6.07) is 2.00. The number of nitrogens with one attached hydrogen (secondary N) is 1. The Morgan fingerprint density at radius 2 is 2.24 bits per heavy atom. The van der Waals surface area contributed by atoms with Gasteiger partial charge in [-0.05, 0) is 33.6 Å². The highest BCUT2D eigenvalue weighted by molar-refractivity contribution is 5.31. The lowest BCUT2D eigenvalue weighted by molar-refractivity contribution is 0.219. The zero-order valence-electron chi connectivity index (χ0n) is 10.4. The number of hydrazine groups is 1. The molecule has 3 N–H and O–H groups in total. The second kappa shape index (κ2) is 5.39. The maximum atomic E-state index is 5.38. The van der Waals surface area contributed by atoms with Crippen LogP contribution < -0.4 is 11.3 Å². The lowest BCUT2D eigenvalue weighted by atomic mass is 10.2. The molecule has 1 aliphatic heterocycles. The molecule has 1 unspecified atom stereocenters. The van der Waals surface area contributed by atoms with Gasteiger partial charge in [-0.25, -0.2) is 15.8 Å². The highest BCUT2D eigenvalue weighted by atomic mass is 15.3. The van der Waals surface area contributed by atoms with E-state index < -0.39 is 0 Å².